The van der Waals surface area contributed by atoms with E-state index in [1.807, 2.05) is 0 Å². The minimum absolute atomic E-state index is 0.549. The Balaban J connectivity index is 3.45. The first kappa shape index (κ1) is 9.22. The van der Waals surface area contributed by atoms with Crippen molar-refractivity contribution < 1.29 is 0 Å². The molecule has 0 aromatic carbocycles. The van der Waals surface area contributed by atoms with Gasteiger partial charge in [0.25, 0.3) is 0 Å². The molecule has 1 heteroatoms. The van der Waals surface area contributed by atoms with Gasteiger partial charge in [-0.05, 0) is 12.8 Å². The second-order valence-corrected chi connectivity index (χ2v) is 3.37. The highest BCUT2D eigenvalue weighted by molar-refractivity contribution is 9.09. The molecule has 1 atom stereocenters. The lowest BCUT2D eigenvalue weighted by atomic mass is 10.1. The summed E-state index contributed by atoms with van der Waals surface area (Å²) in [7, 11) is 0. The average Bonchev–Trinajstić information content (AvgIpc) is 1.87. The van der Waals surface area contributed by atoms with Crippen molar-refractivity contribution in [2.24, 2.45) is 0 Å². The Bertz CT molecular complexity index is 86.6. The minimum atomic E-state index is 0.549. The van der Waals surface area contributed by atoms with Gasteiger partial charge in [0.2, 0.25) is 0 Å². The third kappa shape index (κ3) is 3.74. The lowest BCUT2D eigenvalue weighted by Gasteiger charge is -2.08. The summed E-state index contributed by atoms with van der Waals surface area (Å²) in [6.45, 7) is 8.28. The number of hydrogen-bond donors (Lipinski definition) is 0. The second-order valence-electron chi connectivity index (χ2n) is 2.27. The summed E-state index contributed by atoms with van der Waals surface area (Å²) < 4.78 is 0. The average molecular weight is 191 g/mol. The number of rotatable bonds is 4. The zero-order valence-corrected chi connectivity index (χ0v) is 7.87. The smallest absolute Gasteiger partial charge is 0.0351 e. The first-order chi connectivity index (χ1) is 4.22. The van der Waals surface area contributed by atoms with Crippen molar-refractivity contribution in [1.82, 2.24) is 0 Å². The number of hydrogen-bond acceptors (Lipinski definition) is 0. The molecule has 0 aliphatic heterocycles. The van der Waals surface area contributed by atoms with Crippen LogP contribution in [0.3, 0.4) is 0 Å². The summed E-state index contributed by atoms with van der Waals surface area (Å²) in [5.74, 6) is 0. The van der Waals surface area contributed by atoms with Crippen molar-refractivity contribution in [2.75, 3.05) is 0 Å². The van der Waals surface area contributed by atoms with Gasteiger partial charge in [0, 0.05) is 4.83 Å². The fourth-order valence-electron chi connectivity index (χ4n) is 0.679. The molecule has 0 amide bonds. The van der Waals surface area contributed by atoms with Crippen LogP contribution in [0.2, 0.25) is 0 Å². The molecule has 0 aromatic rings. The SMILES string of the molecule is C=C(CC)C(Br)CCC. The lowest BCUT2D eigenvalue weighted by Crippen LogP contribution is -1.98. The summed E-state index contributed by atoms with van der Waals surface area (Å²) in [6, 6.07) is 0. The molecule has 0 heterocycles. The Morgan fingerprint density at radius 1 is 1.56 bits per heavy atom. The minimum Gasteiger partial charge on any atom is -0.0987 e. The van der Waals surface area contributed by atoms with Gasteiger partial charge in [0.15, 0.2) is 0 Å². The first-order valence-corrected chi connectivity index (χ1v) is 4.45. The van der Waals surface area contributed by atoms with Crippen LogP contribution in [0.25, 0.3) is 0 Å². The van der Waals surface area contributed by atoms with E-state index >= 15 is 0 Å². The zero-order valence-electron chi connectivity index (χ0n) is 6.28. The molecule has 0 saturated heterocycles. The molecular formula is C8H15Br. The summed E-state index contributed by atoms with van der Waals surface area (Å²) in [6.07, 6.45) is 3.54. The molecule has 0 aliphatic rings. The van der Waals surface area contributed by atoms with Gasteiger partial charge in [-0.1, -0.05) is 48.4 Å². The molecule has 0 rings (SSSR count). The fourth-order valence-corrected chi connectivity index (χ4v) is 1.46. The van der Waals surface area contributed by atoms with E-state index in [9.17, 15) is 0 Å². The van der Waals surface area contributed by atoms with Gasteiger partial charge in [-0.15, -0.1) is 0 Å². The molecule has 9 heavy (non-hydrogen) atoms. The first-order valence-electron chi connectivity index (χ1n) is 3.54. The van der Waals surface area contributed by atoms with Crippen LogP contribution in [0.1, 0.15) is 33.1 Å². The fraction of sp³-hybridized carbons (Fsp3) is 0.750. The molecule has 0 nitrogen and oxygen atoms in total. The van der Waals surface area contributed by atoms with Crippen LogP contribution in [0.4, 0.5) is 0 Å². The largest absolute Gasteiger partial charge is 0.0987 e. The Morgan fingerprint density at radius 2 is 2.11 bits per heavy atom. The van der Waals surface area contributed by atoms with E-state index in [-0.39, 0.29) is 0 Å². The second kappa shape index (κ2) is 5.04. The van der Waals surface area contributed by atoms with Crippen LogP contribution in [-0.2, 0) is 0 Å². The molecular weight excluding hydrogens is 176 g/mol. The van der Waals surface area contributed by atoms with Crippen LogP contribution in [-0.4, -0.2) is 4.83 Å². The van der Waals surface area contributed by atoms with E-state index in [0.29, 0.717) is 4.83 Å². The van der Waals surface area contributed by atoms with Gasteiger partial charge < -0.3 is 0 Å². The van der Waals surface area contributed by atoms with E-state index in [0.717, 1.165) is 6.42 Å². The van der Waals surface area contributed by atoms with Gasteiger partial charge >= 0.3 is 0 Å². The van der Waals surface area contributed by atoms with Gasteiger partial charge in [-0.3, -0.25) is 0 Å². The highest BCUT2D eigenvalue weighted by Gasteiger charge is 2.03. The van der Waals surface area contributed by atoms with Crippen LogP contribution in [0.15, 0.2) is 12.2 Å². The van der Waals surface area contributed by atoms with Crippen molar-refractivity contribution in [1.29, 1.82) is 0 Å². The molecule has 0 fully saturated rings. The maximum atomic E-state index is 3.94. The van der Waals surface area contributed by atoms with Crippen LogP contribution in [0, 0.1) is 0 Å². The third-order valence-electron chi connectivity index (χ3n) is 1.44. The molecule has 54 valence electrons. The predicted octanol–water partition coefficient (Wildman–Crippen LogP) is 3.52. The Kier molecular flexibility index (Phi) is 5.16. The standard InChI is InChI=1S/C8H15Br/c1-4-6-8(9)7(3)5-2/h8H,3-6H2,1-2H3. The molecule has 0 spiro atoms. The monoisotopic (exact) mass is 190 g/mol. The van der Waals surface area contributed by atoms with Crippen molar-refractivity contribution >= 4 is 15.9 Å². The maximum absolute atomic E-state index is 3.94. The molecule has 0 N–H and O–H groups in total. The number of alkyl halides is 1. The summed E-state index contributed by atoms with van der Waals surface area (Å²) in [4.78, 5) is 0.549. The molecule has 0 saturated carbocycles. The van der Waals surface area contributed by atoms with E-state index in [4.69, 9.17) is 0 Å². The van der Waals surface area contributed by atoms with Crippen molar-refractivity contribution in [2.45, 2.75) is 37.9 Å². The Labute approximate surface area is 66.5 Å². The number of allylic oxidation sites excluding steroid dienone is 1. The third-order valence-corrected chi connectivity index (χ3v) is 2.54. The molecule has 0 aromatic heterocycles. The highest BCUT2D eigenvalue weighted by atomic mass is 79.9. The van der Waals surface area contributed by atoms with E-state index in [1.165, 1.54) is 18.4 Å². The quantitative estimate of drug-likeness (QED) is 0.471. The van der Waals surface area contributed by atoms with E-state index < -0.39 is 0 Å². The molecule has 0 aliphatic carbocycles. The number of halogens is 1. The summed E-state index contributed by atoms with van der Waals surface area (Å²) in [5, 5.41) is 0. The Morgan fingerprint density at radius 3 is 2.44 bits per heavy atom. The van der Waals surface area contributed by atoms with E-state index in [2.05, 4.69) is 36.4 Å². The molecule has 0 radical (unpaired) electrons. The van der Waals surface area contributed by atoms with Gasteiger partial charge in [-0.25, -0.2) is 0 Å². The molecule has 1 unspecified atom stereocenters. The summed E-state index contributed by atoms with van der Waals surface area (Å²) >= 11 is 3.56. The van der Waals surface area contributed by atoms with Crippen LogP contribution >= 0.6 is 15.9 Å². The predicted molar refractivity (Wildman–Crippen MR) is 47.1 cm³/mol. The van der Waals surface area contributed by atoms with Crippen LogP contribution in [0.5, 0.6) is 0 Å². The van der Waals surface area contributed by atoms with Gasteiger partial charge in [0.1, 0.15) is 0 Å². The van der Waals surface area contributed by atoms with Gasteiger partial charge in [-0.2, -0.15) is 0 Å². The maximum Gasteiger partial charge on any atom is 0.0351 e. The molecule has 0 bridgehead atoms. The van der Waals surface area contributed by atoms with Crippen molar-refractivity contribution in [3.63, 3.8) is 0 Å². The van der Waals surface area contributed by atoms with Crippen LogP contribution < -0.4 is 0 Å². The summed E-state index contributed by atoms with van der Waals surface area (Å²) in [5.41, 5.74) is 1.32. The lowest BCUT2D eigenvalue weighted by molar-refractivity contribution is 0.792. The van der Waals surface area contributed by atoms with Crippen molar-refractivity contribution in [3.05, 3.63) is 12.2 Å². The normalized spacial score (nSPS) is 13.2. The van der Waals surface area contributed by atoms with Gasteiger partial charge in [0.05, 0.1) is 0 Å². The Hall–Kier alpha value is 0.220. The zero-order chi connectivity index (χ0) is 7.28. The van der Waals surface area contributed by atoms with E-state index in [1.54, 1.807) is 0 Å². The highest BCUT2D eigenvalue weighted by Crippen LogP contribution is 2.18. The topological polar surface area (TPSA) is 0 Å². The van der Waals surface area contributed by atoms with Crippen molar-refractivity contribution in [3.8, 4) is 0 Å².